The van der Waals surface area contributed by atoms with Crippen molar-refractivity contribution in [3.63, 3.8) is 0 Å². The van der Waals surface area contributed by atoms with E-state index >= 15 is 0 Å². The molecule has 15 rings (SSSR count). The van der Waals surface area contributed by atoms with Crippen LogP contribution in [-0.2, 0) is 5.41 Å². The van der Waals surface area contributed by atoms with Gasteiger partial charge in [-0.2, -0.15) is 0 Å². The van der Waals surface area contributed by atoms with Crippen LogP contribution < -0.4 is 0 Å². The molecule has 0 bridgehead atoms. The van der Waals surface area contributed by atoms with Crippen LogP contribution in [0.25, 0.3) is 117 Å². The van der Waals surface area contributed by atoms with Gasteiger partial charge in [0.15, 0.2) is 17.5 Å². The molecule has 4 nitrogen and oxygen atoms in total. The third kappa shape index (κ3) is 6.31. The average Bonchev–Trinajstić information content (AvgIpc) is 3.96. The first-order valence-corrected chi connectivity index (χ1v) is 25.3. The Balaban J connectivity index is 1.08. The molecule has 1 aliphatic carbocycles. The van der Waals surface area contributed by atoms with Crippen LogP contribution in [-0.4, -0.2) is 19.5 Å². The van der Waals surface area contributed by atoms with Crippen LogP contribution in [0.4, 0.5) is 0 Å². The minimum absolute atomic E-state index is 0.619. The Bertz CT molecular complexity index is 4210. The van der Waals surface area contributed by atoms with Crippen LogP contribution in [0.5, 0.6) is 0 Å². The van der Waals surface area contributed by atoms with Crippen molar-refractivity contribution < 1.29 is 0 Å². The molecule has 0 spiro atoms. The number of hydrogen-bond acceptors (Lipinski definition) is 3. The Kier molecular flexibility index (Phi) is 9.45. The third-order valence-electron chi connectivity index (χ3n) is 15.4. The summed E-state index contributed by atoms with van der Waals surface area (Å²) in [4.78, 5) is 15.5. The molecule has 1 aliphatic heterocycles. The summed E-state index contributed by atoms with van der Waals surface area (Å²) in [6, 6.07) is 97.1. The van der Waals surface area contributed by atoms with Gasteiger partial charge in [-0.25, -0.2) is 15.0 Å². The van der Waals surface area contributed by atoms with E-state index < -0.39 is 5.41 Å². The van der Waals surface area contributed by atoms with Crippen molar-refractivity contribution in [1.29, 1.82) is 0 Å². The summed E-state index contributed by atoms with van der Waals surface area (Å²) in [5, 5.41) is 2.42. The van der Waals surface area contributed by atoms with Crippen LogP contribution in [0.15, 0.2) is 267 Å². The number of para-hydroxylation sites is 2. The summed E-state index contributed by atoms with van der Waals surface area (Å²) < 4.78 is 2.57. The quantitative estimate of drug-likeness (QED) is 0.152. The summed E-state index contributed by atoms with van der Waals surface area (Å²) in [6.07, 6.45) is 0. The van der Waals surface area contributed by atoms with Crippen LogP contribution in [0.2, 0.25) is 0 Å². The molecule has 0 N–H and O–H groups in total. The molecule has 0 radical (unpaired) electrons. The Labute approximate surface area is 429 Å². The van der Waals surface area contributed by atoms with Crippen molar-refractivity contribution in [1.82, 2.24) is 19.5 Å². The maximum Gasteiger partial charge on any atom is 0.164 e. The van der Waals surface area contributed by atoms with Crippen molar-refractivity contribution in [2.45, 2.75) is 5.41 Å². The Morgan fingerprint density at radius 3 is 1.41 bits per heavy atom. The van der Waals surface area contributed by atoms with Crippen molar-refractivity contribution in [3.8, 4) is 95.5 Å². The molecule has 11 aromatic carbocycles. The van der Waals surface area contributed by atoms with E-state index in [1.807, 2.05) is 36.4 Å². The molecule has 0 fully saturated rings. The first-order valence-electron chi connectivity index (χ1n) is 25.3. The second-order valence-electron chi connectivity index (χ2n) is 19.4. The monoisotopic (exact) mass is 940 g/mol. The molecule has 2 aliphatic rings. The summed E-state index contributed by atoms with van der Waals surface area (Å²) in [5.41, 5.74) is 22.5. The molecule has 13 aromatic rings. The lowest BCUT2D eigenvalue weighted by atomic mass is 9.66. The summed E-state index contributed by atoms with van der Waals surface area (Å²) >= 11 is 0. The Morgan fingerprint density at radius 1 is 0.297 bits per heavy atom. The van der Waals surface area contributed by atoms with E-state index in [4.69, 9.17) is 15.0 Å². The SMILES string of the molecule is c1ccc(-c2cccc(C3(c4cccc(-c5ccccc5)c4)c4cccc5c4-c4c3cc(-c3cccc(-c6nc(-c7ccccc7)nc(-c7ccccc7)n6)c3)c3c6ccccc6n(c43)-c3ccccc3-5)c2)cc1. The largest absolute Gasteiger partial charge is 0.308 e. The highest BCUT2D eigenvalue weighted by Crippen LogP contribution is 2.64. The molecule has 0 atom stereocenters. The molecule has 344 valence electrons. The lowest BCUT2D eigenvalue weighted by Crippen LogP contribution is -2.29. The minimum Gasteiger partial charge on any atom is -0.308 e. The van der Waals surface area contributed by atoms with Gasteiger partial charge in [0.25, 0.3) is 0 Å². The third-order valence-corrected chi connectivity index (χ3v) is 15.4. The zero-order chi connectivity index (χ0) is 48.7. The molecule has 0 saturated heterocycles. The molecular formula is C70H44N4. The molecule has 0 unspecified atom stereocenters. The van der Waals surface area contributed by atoms with Crippen molar-refractivity contribution in [3.05, 3.63) is 289 Å². The maximum absolute atomic E-state index is 5.22. The van der Waals surface area contributed by atoms with Crippen LogP contribution in [0.3, 0.4) is 0 Å². The van der Waals surface area contributed by atoms with Gasteiger partial charge in [0.05, 0.1) is 22.1 Å². The highest BCUT2D eigenvalue weighted by atomic mass is 15.0. The zero-order valence-corrected chi connectivity index (χ0v) is 40.2. The van der Waals surface area contributed by atoms with Crippen molar-refractivity contribution >= 4 is 21.8 Å². The van der Waals surface area contributed by atoms with Crippen LogP contribution >= 0.6 is 0 Å². The molecule has 74 heavy (non-hydrogen) atoms. The topological polar surface area (TPSA) is 43.6 Å². The summed E-state index contributed by atoms with van der Waals surface area (Å²) in [6.45, 7) is 0. The fourth-order valence-electron chi connectivity index (χ4n) is 12.3. The van der Waals surface area contributed by atoms with Gasteiger partial charge in [-0.15, -0.1) is 0 Å². The lowest BCUT2D eigenvalue weighted by Gasteiger charge is -2.35. The predicted molar refractivity (Wildman–Crippen MR) is 303 cm³/mol. The number of benzene rings is 11. The Hall–Kier alpha value is -9.77. The first-order chi connectivity index (χ1) is 36.7. The van der Waals surface area contributed by atoms with Gasteiger partial charge in [-0.3, -0.25) is 0 Å². The Morgan fingerprint density at radius 2 is 0.770 bits per heavy atom. The summed E-state index contributed by atoms with van der Waals surface area (Å²) in [7, 11) is 0. The minimum atomic E-state index is -0.756. The van der Waals surface area contributed by atoms with E-state index in [0.29, 0.717) is 17.5 Å². The molecule has 3 heterocycles. The van der Waals surface area contributed by atoms with Crippen molar-refractivity contribution in [2.75, 3.05) is 0 Å². The fraction of sp³-hybridized carbons (Fsp3) is 0.0143. The summed E-state index contributed by atoms with van der Waals surface area (Å²) in [5.74, 6) is 1.88. The van der Waals surface area contributed by atoms with Gasteiger partial charge in [-0.05, 0) is 103 Å². The second-order valence-corrected chi connectivity index (χ2v) is 19.4. The molecular weight excluding hydrogens is 897 g/mol. The lowest BCUT2D eigenvalue weighted by molar-refractivity contribution is 0.770. The number of hydrogen-bond donors (Lipinski definition) is 0. The van der Waals surface area contributed by atoms with Gasteiger partial charge in [-0.1, -0.05) is 231 Å². The molecule has 0 saturated carbocycles. The van der Waals surface area contributed by atoms with Crippen molar-refractivity contribution in [2.24, 2.45) is 0 Å². The van der Waals surface area contributed by atoms with E-state index in [9.17, 15) is 0 Å². The van der Waals surface area contributed by atoms with Crippen LogP contribution in [0, 0.1) is 0 Å². The van der Waals surface area contributed by atoms with E-state index in [2.05, 4.69) is 235 Å². The van der Waals surface area contributed by atoms with E-state index in [0.717, 1.165) is 27.8 Å². The standard InChI is InChI=1S/C70H44N4/c1-5-21-45(22-6-1)49-29-18-33-53(42-49)70(54-34-19-30-50(43-54)46-23-7-2-8-24-46)59-38-20-37-56-55-35-13-15-39-61(55)74-62-40-16-14-36-57(62)63-58(44-60(70)65(64(56)59)66(63)74)51-31-17-32-52(41-51)69-72-67(47-25-9-3-10-26-47)71-68(73-69)48-27-11-4-12-28-48/h1-44H. The van der Waals surface area contributed by atoms with E-state index in [1.165, 1.54) is 94.3 Å². The first kappa shape index (κ1) is 42.0. The predicted octanol–water partition coefficient (Wildman–Crippen LogP) is 17.3. The highest BCUT2D eigenvalue weighted by molar-refractivity contribution is 6.24. The van der Waals surface area contributed by atoms with E-state index in [1.54, 1.807) is 0 Å². The van der Waals surface area contributed by atoms with Gasteiger partial charge in [0, 0.05) is 38.6 Å². The average molecular weight is 941 g/mol. The normalized spacial score (nSPS) is 12.7. The van der Waals surface area contributed by atoms with Gasteiger partial charge < -0.3 is 4.57 Å². The van der Waals surface area contributed by atoms with Gasteiger partial charge in [0.1, 0.15) is 0 Å². The van der Waals surface area contributed by atoms with Gasteiger partial charge >= 0.3 is 0 Å². The highest BCUT2D eigenvalue weighted by Gasteiger charge is 2.50. The number of aromatic nitrogens is 4. The zero-order valence-electron chi connectivity index (χ0n) is 40.2. The maximum atomic E-state index is 5.22. The molecule has 4 heteroatoms. The number of nitrogens with zero attached hydrogens (tertiary/aromatic N) is 4. The van der Waals surface area contributed by atoms with Gasteiger partial charge in [0.2, 0.25) is 0 Å². The smallest absolute Gasteiger partial charge is 0.164 e. The second kappa shape index (κ2) is 16.7. The fourth-order valence-corrected chi connectivity index (χ4v) is 12.3. The number of fused-ring (bicyclic) bond motifs is 6. The van der Waals surface area contributed by atoms with Crippen LogP contribution in [0.1, 0.15) is 22.3 Å². The number of rotatable bonds is 8. The van der Waals surface area contributed by atoms with E-state index in [-0.39, 0.29) is 0 Å². The molecule has 2 aromatic heterocycles. The molecule has 0 amide bonds.